The van der Waals surface area contributed by atoms with Gasteiger partial charge in [0.1, 0.15) is 10.6 Å². The Bertz CT molecular complexity index is 1110. The number of carbonyl (C=O) groups excluding carboxylic acids is 1. The van der Waals surface area contributed by atoms with Crippen molar-refractivity contribution in [2.75, 3.05) is 18.4 Å². The van der Waals surface area contributed by atoms with Gasteiger partial charge in [0.25, 0.3) is 5.91 Å². The van der Waals surface area contributed by atoms with Gasteiger partial charge in [-0.3, -0.25) is 4.79 Å². The third-order valence-electron chi connectivity index (χ3n) is 4.23. The Kier molecular flexibility index (Phi) is 6.81. The van der Waals surface area contributed by atoms with E-state index in [9.17, 15) is 30.4 Å². The summed E-state index contributed by atoms with van der Waals surface area (Å²) in [5.41, 5.74) is -0.410. The number of halogens is 2. The largest absolute Gasteiger partial charge is 0.345 e. The standard InChI is InChI=1S/C17H21F2N3O5S2/c1-4-22(5-2)29(26,27)12-10-14(21(3)11-12)16(23)20-13-8-6-7-9-15(13)28(24,25)17(18)19/h6-11,17H,4-5H2,1-3H3,(H,20,23). The number of hydrogen-bond acceptors (Lipinski definition) is 5. The number of para-hydroxylation sites is 1. The van der Waals surface area contributed by atoms with Crippen molar-refractivity contribution in [1.82, 2.24) is 8.87 Å². The summed E-state index contributed by atoms with van der Waals surface area (Å²) in [7, 11) is -7.31. The molecule has 0 saturated heterocycles. The zero-order chi connectivity index (χ0) is 22.0. The second kappa shape index (κ2) is 8.59. The first kappa shape index (κ1) is 23.0. The number of carbonyl (C=O) groups is 1. The van der Waals surface area contributed by atoms with Crippen LogP contribution < -0.4 is 5.32 Å². The number of nitrogens with zero attached hydrogens (tertiary/aromatic N) is 2. The molecule has 0 aliphatic heterocycles. The topological polar surface area (TPSA) is 106 Å². The van der Waals surface area contributed by atoms with Crippen molar-refractivity contribution in [2.45, 2.75) is 29.4 Å². The Balaban J connectivity index is 2.41. The van der Waals surface area contributed by atoms with Crippen LogP contribution in [0, 0.1) is 0 Å². The number of hydrogen-bond donors (Lipinski definition) is 1. The molecular formula is C17H21F2N3O5S2. The molecule has 0 unspecified atom stereocenters. The van der Waals surface area contributed by atoms with Crippen molar-refractivity contribution in [3.05, 3.63) is 42.2 Å². The first-order chi connectivity index (χ1) is 13.5. The van der Waals surface area contributed by atoms with Crippen molar-refractivity contribution in [1.29, 1.82) is 0 Å². The van der Waals surface area contributed by atoms with Crippen LogP contribution in [0.2, 0.25) is 0 Å². The van der Waals surface area contributed by atoms with Crippen LogP contribution in [0.4, 0.5) is 14.5 Å². The summed E-state index contributed by atoms with van der Waals surface area (Å²) in [6, 6.07) is 5.90. The van der Waals surface area contributed by atoms with Crippen LogP contribution in [0.3, 0.4) is 0 Å². The molecule has 1 amide bonds. The molecule has 12 heteroatoms. The number of sulfonamides is 1. The number of benzene rings is 1. The lowest BCUT2D eigenvalue weighted by Gasteiger charge is -2.17. The highest BCUT2D eigenvalue weighted by molar-refractivity contribution is 7.91. The third kappa shape index (κ3) is 4.49. The van der Waals surface area contributed by atoms with Gasteiger partial charge in [-0.05, 0) is 18.2 Å². The van der Waals surface area contributed by atoms with E-state index in [-0.39, 0.29) is 29.4 Å². The quantitative estimate of drug-likeness (QED) is 0.666. The molecular weight excluding hydrogens is 428 g/mol. The number of aromatic nitrogens is 1. The monoisotopic (exact) mass is 449 g/mol. The highest BCUT2D eigenvalue weighted by Crippen LogP contribution is 2.27. The Morgan fingerprint density at radius 3 is 2.28 bits per heavy atom. The number of sulfone groups is 1. The van der Waals surface area contributed by atoms with Crippen LogP contribution in [-0.4, -0.2) is 50.5 Å². The fourth-order valence-electron chi connectivity index (χ4n) is 2.71. The van der Waals surface area contributed by atoms with Crippen molar-refractivity contribution in [2.24, 2.45) is 7.05 Å². The van der Waals surface area contributed by atoms with Gasteiger partial charge in [-0.2, -0.15) is 13.1 Å². The summed E-state index contributed by atoms with van der Waals surface area (Å²) >= 11 is 0. The molecule has 2 rings (SSSR count). The van der Waals surface area contributed by atoms with Gasteiger partial charge in [0.05, 0.1) is 10.6 Å². The SMILES string of the molecule is CCN(CC)S(=O)(=O)c1cc(C(=O)Nc2ccccc2S(=O)(=O)C(F)F)n(C)c1. The summed E-state index contributed by atoms with van der Waals surface area (Å²) < 4.78 is 77.2. The lowest BCUT2D eigenvalue weighted by Crippen LogP contribution is -2.30. The average Bonchev–Trinajstić information content (AvgIpc) is 3.05. The molecule has 1 heterocycles. The van der Waals surface area contributed by atoms with Gasteiger partial charge in [0.15, 0.2) is 0 Å². The van der Waals surface area contributed by atoms with Crippen LogP contribution >= 0.6 is 0 Å². The van der Waals surface area contributed by atoms with Gasteiger partial charge in [-0.15, -0.1) is 0 Å². The predicted octanol–water partition coefficient (Wildman–Crippen LogP) is 2.30. The molecule has 0 radical (unpaired) electrons. The summed E-state index contributed by atoms with van der Waals surface area (Å²) in [6.07, 6.45) is 1.25. The van der Waals surface area contributed by atoms with E-state index >= 15 is 0 Å². The van der Waals surface area contributed by atoms with E-state index in [0.717, 1.165) is 12.1 Å². The maximum atomic E-state index is 12.9. The molecule has 8 nitrogen and oxygen atoms in total. The molecule has 160 valence electrons. The van der Waals surface area contributed by atoms with Gasteiger partial charge in [-0.1, -0.05) is 26.0 Å². The van der Waals surface area contributed by atoms with E-state index in [1.165, 1.54) is 40.3 Å². The van der Waals surface area contributed by atoms with Crippen LogP contribution in [0.5, 0.6) is 0 Å². The van der Waals surface area contributed by atoms with Crippen molar-refractivity contribution < 1.29 is 30.4 Å². The van der Waals surface area contributed by atoms with Crippen LogP contribution in [0.25, 0.3) is 0 Å². The van der Waals surface area contributed by atoms with E-state index in [1.807, 2.05) is 0 Å². The maximum Gasteiger partial charge on any atom is 0.341 e. The zero-order valence-electron chi connectivity index (χ0n) is 16.0. The van der Waals surface area contributed by atoms with Crippen molar-refractivity contribution in [3.63, 3.8) is 0 Å². The smallest absolute Gasteiger partial charge is 0.341 e. The average molecular weight is 450 g/mol. The molecule has 1 aromatic heterocycles. The molecule has 0 fully saturated rings. The normalized spacial score (nSPS) is 12.5. The van der Waals surface area contributed by atoms with E-state index in [2.05, 4.69) is 5.32 Å². The van der Waals surface area contributed by atoms with Crippen molar-refractivity contribution >= 4 is 31.5 Å². The fraction of sp³-hybridized carbons (Fsp3) is 0.353. The Morgan fingerprint density at radius 2 is 1.72 bits per heavy atom. The van der Waals surface area contributed by atoms with Crippen LogP contribution in [-0.2, 0) is 26.9 Å². The molecule has 0 atom stereocenters. The minimum Gasteiger partial charge on any atom is -0.345 e. The van der Waals surface area contributed by atoms with E-state index in [4.69, 9.17) is 0 Å². The number of rotatable bonds is 8. The highest BCUT2D eigenvalue weighted by Gasteiger charge is 2.30. The van der Waals surface area contributed by atoms with Crippen molar-refractivity contribution in [3.8, 4) is 0 Å². The molecule has 29 heavy (non-hydrogen) atoms. The van der Waals surface area contributed by atoms with Crippen LogP contribution in [0.15, 0.2) is 46.3 Å². The molecule has 0 bridgehead atoms. The van der Waals surface area contributed by atoms with Gasteiger partial charge in [-0.25, -0.2) is 16.8 Å². The zero-order valence-corrected chi connectivity index (χ0v) is 17.6. The molecule has 1 aromatic carbocycles. The lowest BCUT2D eigenvalue weighted by molar-refractivity contribution is 0.101. The number of alkyl halides is 2. The molecule has 1 N–H and O–H groups in total. The maximum absolute atomic E-state index is 12.9. The van der Waals surface area contributed by atoms with Gasteiger partial charge >= 0.3 is 5.76 Å². The molecule has 2 aromatic rings. The first-order valence-corrected chi connectivity index (χ1v) is 11.5. The number of amides is 1. The summed E-state index contributed by atoms with van der Waals surface area (Å²) in [6.45, 7) is 3.85. The minimum absolute atomic E-state index is 0.0834. The summed E-state index contributed by atoms with van der Waals surface area (Å²) in [4.78, 5) is 11.8. The Hall–Kier alpha value is -2.31. The van der Waals surface area contributed by atoms with Gasteiger partial charge in [0, 0.05) is 26.3 Å². The predicted molar refractivity (Wildman–Crippen MR) is 103 cm³/mol. The summed E-state index contributed by atoms with van der Waals surface area (Å²) in [5, 5.41) is 2.27. The second-order valence-electron chi connectivity index (χ2n) is 6.02. The van der Waals surface area contributed by atoms with Gasteiger partial charge < -0.3 is 9.88 Å². The second-order valence-corrected chi connectivity index (χ2v) is 9.84. The number of anilines is 1. The van der Waals surface area contributed by atoms with E-state index in [1.54, 1.807) is 13.8 Å². The molecule has 0 spiro atoms. The Morgan fingerprint density at radius 1 is 1.14 bits per heavy atom. The lowest BCUT2D eigenvalue weighted by atomic mass is 10.3. The van der Waals surface area contributed by atoms with E-state index in [0.29, 0.717) is 0 Å². The number of nitrogens with one attached hydrogen (secondary N) is 1. The van der Waals surface area contributed by atoms with Gasteiger partial charge in [0.2, 0.25) is 19.9 Å². The highest BCUT2D eigenvalue weighted by atomic mass is 32.2. The summed E-state index contributed by atoms with van der Waals surface area (Å²) in [5.74, 6) is -4.49. The third-order valence-corrected chi connectivity index (χ3v) is 7.69. The Labute approximate surface area is 168 Å². The molecule has 0 saturated carbocycles. The molecule has 0 aliphatic carbocycles. The van der Waals surface area contributed by atoms with E-state index < -0.39 is 36.4 Å². The van der Waals surface area contributed by atoms with Crippen LogP contribution in [0.1, 0.15) is 24.3 Å². The first-order valence-electron chi connectivity index (χ1n) is 8.55. The number of aryl methyl sites for hydroxylation is 1. The minimum atomic E-state index is -4.94. The molecule has 0 aliphatic rings. The fourth-order valence-corrected chi connectivity index (χ4v) is 5.13.